The number of nitrogens with one attached hydrogen (secondary N) is 1. The molecule has 5 heteroatoms. The summed E-state index contributed by atoms with van der Waals surface area (Å²) in [4.78, 5) is 9.16. The first kappa shape index (κ1) is 19.0. The highest BCUT2D eigenvalue weighted by Crippen LogP contribution is 2.35. The van der Waals surface area contributed by atoms with E-state index in [1.807, 2.05) is 24.3 Å². The Morgan fingerprint density at radius 1 is 0.903 bits per heavy atom. The van der Waals surface area contributed by atoms with Gasteiger partial charge in [-0.2, -0.15) is 0 Å². The summed E-state index contributed by atoms with van der Waals surface area (Å²) in [6.45, 7) is 2.62. The fourth-order valence-electron chi connectivity index (χ4n) is 3.80. The zero-order valence-corrected chi connectivity index (χ0v) is 17.1. The maximum atomic E-state index is 13.2. The molecule has 4 nitrogen and oxygen atoms in total. The molecule has 0 aliphatic heterocycles. The first-order chi connectivity index (χ1) is 15.2. The normalized spacial score (nSPS) is 11.0. The zero-order valence-electron chi connectivity index (χ0n) is 17.1. The van der Waals surface area contributed by atoms with Crippen molar-refractivity contribution in [3.8, 4) is 16.8 Å². The predicted molar refractivity (Wildman–Crippen MR) is 123 cm³/mol. The number of fused-ring (bicyclic) bond motifs is 1. The lowest BCUT2D eigenvalue weighted by Crippen LogP contribution is -2.03. The average molecular weight is 408 g/mol. The Balaban J connectivity index is 1.65. The summed E-state index contributed by atoms with van der Waals surface area (Å²) in [5.41, 5.74) is 6.20. The van der Waals surface area contributed by atoms with E-state index in [0.29, 0.717) is 6.54 Å². The van der Waals surface area contributed by atoms with E-state index < -0.39 is 0 Å². The number of nitrogens with zero attached hydrogens (tertiary/aromatic N) is 3. The highest BCUT2D eigenvalue weighted by molar-refractivity contribution is 6.02. The Bertz CT molecular complexity index is 1340. The molecular weight excluding hydrogens is 387 g/mol. The minimum atomic E-state index is -0.241. The van der Waals surface area contributed by atoms with Gasteiger partial charge in [-0.3, -0.25) is 0 Å². The third-order valence-electron chi connectivity index (χ3n) is 5.32. The molecule has 0 radical (unpaired) electrons. The van der Waals surface area contributed by atoms with Crippen LogP contribution in [0.2, 0.25) is 0 Å². The lowest BCUT2D eigenvalue weighted by atomic mass is 10.1. The number of hydrogen-bond acceptors (Lipinski definition) is 3. The van der Waals surface area contributed by atoms with Gasteiger partial charge in [-0.1, -0.05) is 54.6 Å². The number of rotatable bonds is 5. The summed E-state index contributed by atoms with van der Waals surface area (Å²) in [5.74, 6) is 0.509. The average Bonchev–Trinajstić information content (AvgIpc) is 3.20. The summed E-state index contributed by atoms with van der Waals surface area (Å²) in [6.07, 6.45) is 3.70. The molecule has 0 aliphatic rings. The summed E-state index contributed by atoms with van der Waals surface area (Å²) < 4.78 is 15.4. The highest BCUT2D eigenvalue weighted by atomic mass is 19.1. The smallest absolute Gasteiger partial charge is 0.150 e. The molecule has 3 aromatic carbocycles. The Morgan fingerprint density at radius 3 is 2.48 bits per heavy atom. The molecular formula is C26H21FN4. The Hall–Kier alpha value is -3.99. The molecule has 0 saturated heterocycles. The second-order valence-corrected chi connectivity index (χ2v) is 7.52. The van der Waals surface area contributed by atoms with Crippen LogP contribution in [0.15, 0.2) is 91.4 Å². The summed E-state index contributed by atoms with van der Waals surface area (Å²) in [5, 5.41) is 4.38. The van der Waals surface area contributed by atoms with Crippen LogP contribution in [0.25, 0.3) is 27.8 Å². The molecule has 0 unspecified atom stereocenters. The van der Waals surface area contributed by atoms with Crippen LogP contribution in [-0.4, -0.2) is 14.5 Å². The van der Waals surface area contributed by atoms with Crippen LogP contribution in [0.1, 0.15) is 11.1 Å². The van der Waals surface area contributed by atoms with Crippen LogP contribution < -0.4 is 5.32 Å². The van der Waals surface area contributed by atoms with Crippen molar-refractivity contribution in [1.82, 2.24) is 14.5 Å². The lowest BCUT2D eigenvalue weighted by molar-refractivity contribution is 0.627. The summed E-state index contributed by atoms with van der Waals surface area (Å²) in [7, 11) is 0. The molecule has 2 aromatic heterocycles. The number of benzene rings is 3. The van der Waals surface area contributed by atoms with E-state index in [2.05, 4.69) is 63.3 Å². The first-order valence-corrected chi connectivity index (χ1v) is 10.2. The maximum Gasteiger partial charge on any atom is 0.150 e. The largest absolute Gasteiger partial charge is 0.365 e. The Morgan fingerprint density at radius 2 is 1.71 bits per heavy atom. The van der Waals surface area contributed by atoms with Crippen LogP contribution in [0, 0.1) is 12.7 Å². The molecule has 5 rings (SSSR count). The van der Waals surface area contributed by atoms with E-state index in [0.717, 1.165) is 39.2 Å². The fraction of sp³-hybridized carbons (Fsp3) is 0.0769. The molecule has 2 heterocycles. The number of aromatic nitrogens is 3. The maximum absolute atomic E-state index is 13.2. The molecule has 1 N–H and O–H groups in total. The van der Waals surface area contributed by atoms with E-state index >= 15 is 0 Å². The molecule has 0 fully saturated rings. The van der Waals surface area contributed by atoms with Gasteiger partial charge in [0.05, 0.1) is 5.39 Å². The van der Waals surface area contributed by atoms with Crippen molar-refractivity contribution in [2.24, 2.45) is 0 Å². The lowest BCUT2D eigenvalue weighted by Gasteiger charge is -2.09. The standard InChI is InChI=1S/C26H21FN4/c1-18-6-5-9-22(14-18)31-16-23(20-7-3-2-4-8-20)24-25(29-17-30-26(24)31)28-15-19-10-12-21(27)13-11-19/h2-14,16-17H,15H2,1H3,(H,28,29,30). The molecule has 0 saturated carbocycles. The van der Waals surface area contributed by atoms with Crippen molar-refractivity contribution in [1.29, 1.82) is 0 Å². The second-order valence-electron chi connectivity index (χ2n) is 7.52. The topological polar surface area (TPSA) is 42.7 Å². The number of hydrogen-bond donors (Lipinski definition) is 1. The van der Waals surface area contributed by atoms with Crippen molar-refractivity contribution in [3.05, 3.63) is 108 Å². The van der Waals surface area contributed by atoms with Gasteiger partial charge in [0, 0.05) is 24.0 Å². The molecule has 0 aliphatic carbocycles. The van der Waals surface area contributed by atoms with Gasteiger partial charge in [-0.25, -0.2) is 14.4 Å². The first-order valence-electron chi connectivity index (χ1n) is 10.2. The Kier molecular flexibility index (Phi) is 4.92. The van der Waals surface area contributed by atoms with Crippen molar-refractivity contribution < 1.29 is 4.39 Å². The van der Waals surface area contributed by atoms with Gasteiger partial charge in [0.25, 0.3) is 0 Å². The third kappa shape index (κ3) is 3.78. The zero-order chi connectivity index (χ0) is 21.2. The highest BCUT2D eigenvalue weighted by Gasteiger charge is 2.17. The molecule has 0 amide bonds. The number of halogens is 1. The van der Waals surface area contributed by atoms with Gasteiger partial charge in [-0.05, 0) is 47.9 Å². The minimum absolute atomic E-state index is 0.241. The van der Waals surface area contributed by atoms with Gasteiger partial charge in [0.1, 0.15) is 18.0 Å². The van der Waals surface area contributed by atoms with Gasteiger partial charge >= 0.3 is 0 Å². The third-order valence-corrected chi connectivity index (χ3v) is 5.32. The van der Waals surface area contributed by atoms with E-state index in [-0.39, 0.29) is 5.82 Å². The molecule has 152 valence electrons. The van der Waals surface area contributed by atoms with Crippen LogP contribution in [0.5, 0.6) is 0 Å². The molecule has 0 atom stereocenters. The van der Waals surface area contributed by atoms with Crippen LogP contribution in [-0.2, 0) is 6.54 Å². The fourth-order valence-corrected chi connectivity index (χ4v) is 3.80. The van der Waals surface area contributed by atoms with Crippen molar-refractivity contribution in [3.63, 3.8) is 0 Å². The molecule has 31 heavy (non-hydrogen) atoms. The molecule has 0 bridgehead atoms. The summed E-state index contributed by atoms with van der Waals surface area (Å²) >= 11 is 0. The van der Waals surface area contributed by atoms with Gasteiger partial charge < -0.3 is 9.88 Å². The number of anilines is 1. The quantitative estimate of drug-likeness (QED) is 0.379. The van der Waals surface area contributed by atoms with Crippen LogP contribution >= 0.6 is 0 Å². The van der Waals surface area contributed by atoms with Crippen LogP contribution in [0.4, 0.5) is 10.2 Å². The van der Waals surface area contributed by atoms with E-state index in [1.165, 1.54) is 17.7 Å². The second kappa shape index (κ2) is 8.03. The van der Waals surface area contributed by atoms with E-state index in [9.17, 15) is 4.39 Å². The van der Waals surface area contributed by atoms with Gasteiger partial charge in [0.2, 0.25) is 0 Å². The minimum Gasteiger partial charge on any atom is -0.365 e. The van der Waals surface area contributed by atoms with E-state index in [4.69, 9.17) is 0 Å². The van der Waals surface area contributed by atoms with E-state index in [1.54, 1.807) is 18.5 Å². The monoisotopic (exact) mass is 408 g/mol. The van der Waals surface area contributed by atoms with Gasteiger partial charge in [-0.15, -0.1) is 0 Å². The Labute approximate surface area is 180 Å². The van der Waals surface area contributed by atoms with Crippen molar-refractivity contribution in [2.75, 3.05) is 5.32 Å². The predicted octanol–water partition coefficient (Wildman–Crippen LogP) is 6.15. The molecule has 5 aromatic rings. The molecule has 0 spiro atoms. The SMILES string of the molecule is Cc1cccc(-n2cc(-c3ccccc3)c3c(NCc4ccc(F)cc4)ncnc32)c1. The van der Waals surface area contributed by atoms with Crippen molar-refractivity contribution in [2.45, 2.75) is 13.5 Å². The van der Waals surface area contributed by atoms with Gasteiger partial charge in [0.15, 0.2) is 5.65 Å². The van der Waals surface area contributed by atoms with Crippen LogP contribution in [0.3, 0.4) is 0 Å². The summed E-state index contributed by atoms with van der Waals surface area (Å²) in [6, 6.07) is 25.1. The van der Waals surface area contributed by atoms with Crippen molar-refractivity contribution >= 4 is 16.9 Å². The number of aryl methyl sites for hydroxylation is 1.